The molecule has 4 rings (SSSR count). The third-order valence-corrected chi connectivity index (χ3v) is 6.69. The topological polar surface area (TPSA) is 97.2 Å². The van der Waals surface area contributed by atoms with E-state index in [0.29, 0.717) is 5.88 Å². The molecule has 0 radical (unpaired) electrons. The number of aromatic nitrogens is 3. The normalized spacial score (nSPS) is 13.8. The number of aryl methyl sites for hydroxylation is 3. The van der Waals surface area contributed by atoms with Crippen molar-refractivity contribution in [2.75, 3.05) is 19.0 Å². The molecule has 2 N–H and O–H groups in total. The zero-order chi connectivity index (χ0) is 22.3. The van der Waals surface area contributed by atoms with Crippen molar-refractivity contribution < 1.29 is 14.6 Å². The van der Waals surface area contributed by atoms with Crippen LogP contribution in [0.1, 0.15) is 59.1 Å². The van der Waals surface area contributed by atoms with Crippen LogP contribution in [0.25, 0.3) is 0 Å². The van der Waals surface area contributed by atoms with Gasteiger partial charge in [0.2, 0.25) is 5.88 Å². The molecule has 0 fully saturated rings. The van der Waals surface area contributed by atoms with Gasteiger partial charge in [0.05, 0.1) is 19.2 Å². The molecule has 0 saturated heterocycles. The molecule has 0 aromatic carbocycles. The summed E-state index contributed by atoms with van der Waals surface area (Å²) in [6.07, 6.45) is 7.82. The van der Waals surface area contributed by atoms with Crippen LogP contribution in [0.2, 0.25) is 0 Å². The first-order valence-electron chi connectivity index (χ1n) is 11.0. The molecule has 0 spiro atoms. The number of anilines is 1. The molecule has 1 atom stereocenters. The van der Waals surface area contributed by atoms with Gasteiger partial charge in [0, 0.05) is 35.8 Å². The van der Waals surface area contributed by atoms with Gasteiger partial charge in [0.1, 0.15) is 10.8 Å². The number of rotatable bonds is 10. The van der Waals surface area contributed by atoms with Crippen LogP contribution in [0.15, 0.2) is 35.8 Å². The van der Waals surface area contributed by atoms with Crippen molar-refractivity contribution >= 4 is 23.1 Å². The predicted molar refractivity (Wildman–Crippen MR) is 125 cm³/mol. The van der Waals surface area contributed by atoms with Crippen LogP contribution in [0.5, 0.6) is 5.88 Å². The predicted octanol–water partition coefficient (Wildman–Crippen LogP) is 4.47. The Labute approximate surface area is 191 Å². The molecular formula is C24H28N4O3S. The second kappa shape index (κ2) is 10.5. The molecule has 7 nitrogen and oxygen atoms in total. The van der Waals surface area contributed by atoms with Gasteiger partial charge < -0.3 is 15.2 Å². The van der Waals surface area contributed by atoms with E-state index < -0.39 is 5.97 Å². The van der Waals surface area contributed by atoms with Gasteiger partial charge in [-0.1, -0.05) is 12.1 Å². The maximum Gasteiger partial charge on any atom is 0.304 e. The fourth-order valence-corrected chi connectivity index (χ4v) is 4.94. The van der Waals surface area contributed by atoms with Crippen LogP contribution < -0.4 is 10.1 Å². The van der Waals surface area contributed by atoms with E-state index in [1.807, 2.05) is 11.4 Å². The molecule has 1 aliphatic heterocycles. The lowest BCUT2D eigenvalue weighted by Crippen LogP contribution is -2.14. The Morgan fingerprint density at radius 3 is 2.78 bits per heavy atom. The lowest BCUT2D eigenvalue weighted by Gasteiger charge is -2.17. The number of carboxylic acid groups (broad SMARTS) is 1. The summed E-state index contributed by atoms with van der Waals surface area (Å²) in [6.45, 7) is 1.01. The number of aliphatic carboxylic acids is 1. The van der Waals surface area contributed by atoms with E-state index in [9.17, 15) is 9.90 Å². The zero-order valence-corrected chi connectivity index (χ0v) is 19.0. The minimum Gasteiger partial charge on any atom is -0.481 e. The summed E-state index contributed by atoms with van der Waals surface area (Å²) < 4.78 is 5.11. The van der Waals surface area contributed by atoms with Crippen LogP contribution in [-0.2, 0) is 24.1 Å². The second-order valence-corrected chi connectivity index (χ2v) is 8.90. The molecule has 0 bridgehead atoms. The summed E-state index contributed by atoms with van der Waals surface area (Å²) in [6, 6.07) is 7.96. The number of hydrogen-bond acceptors (Lipinski definition) is 7. The summed E-state index contributed by atoms with van der Waals surface area (Å²) in [7, 11) is 1.56. The number of carbonyl (C=O) groups is 1. The molecular weight excluding hydrogens is 424 g/mol. The Kier molecular flexibility index (Phi) is 7.32. The number of nitrogens with zero attached hydrogens (tertiary/aromatic N) is 3. The number of fused-ring (bicyclic) bond motifs is 1. The average Bonchev–Trinajstić information content (AvgIpc) is 3.29. The van der Waals surface area contributed by atoms with Crippen molar-refractivity contribution in [3.05, 3.63) is 63.4 Å². The number of unbranched alkanes of at least 4 members (excludes halogenated alkanes) is 1. The molecule has 32 heavy (non-hydrogen) atoms. The molecule has 3 aromatic heterocycles. The highest BCUT2D eigenvalue weighted by molar-refractivity contribution is 7.09. The molecule has 3 aromatic rings. The van der Waals surface area contributed by atoms with Crippen molar-refractivity contribution in [1.29, 1.82) is 0 Å². The highest BCUT2D eigenvalue weighted by Crippen LogP contribution is 2.31. The summed E-state index contributed by atoms with van der Waals surface area (Å²) in [5, 5.41) is 15.6. The van der Waals surface area contributed by atoms with E-state index >= 15 is 0 Å². The fraction of sp³-hybridized carbons (Fsp3) is 0.417. The van der Waals surface area contributed by atoms with Crippen molar-refractivity contribution in [1.82, 2.24) is 15.0 Å². The summed E-state index contributed by atoms with van der Waals surface area (Å²) in [4.78, 5) is 25.2. The third kappa shape index (κ3) is 5.62. The number of carboxylic acids is 1. The molecule has 4 heterocycles. The molecule has 168 valence electrons. The van der Waals surface area contributed by atoms with Gasteiger partial charge in [-0.05, 0) is 55.7 Å². The lowest BCUT2D eigenvalue weighted by molar-refractivity contribution is -0.137. The first-order valence-corrected chi connectivity index (χ1v) is 11.9. The van der Waals surface area contributed by atoms with Crippen molar-refractivity contribution in [3.63, 3.8) is 0 Å². The standard InChI is InChI=1S/C24H28N4O3S/c1-31-21-11-9-17(14-26-21)20(13-22(29)30)24-28-19(15-32-24)7-3-2-6-18-10-8-16-5-4-12-25-23(16)27-18/h8-11,14-15,20H,2-7,12-13H2,1H3,(H,25,27)(H,29,30)/t20-/m1/s1. The summed E-state index contributed by atoms with van der Waals surface area (Å²) in [5.74, 6) is 0.397. The van der Waals surface area contributed by atoms with E-state index in [0.717, 1.165) is 66.4 Å². The number of pyridine rings is 2. The first kappa shape index (κ1) is 22.2. The minimum absolute atomic E-state index is 0.0149. The Morgan fingerprint density at radius 1 is 1.19 bits per heavy atom. The van der Waals surface area contributed by atoms with E-state index in [1.54, 1.807) is 19.4 Å². The quantitative estimate of drug-likeness (QED) is 0.438. The maximum atomic E-state index is 11.4. The lowest BCUT2D eigenvalue weighted by atomic mass is 9.98. The third-order valence-electron chi connectivity index (χ3n) is 5.68. The highest BCUT2D eigenvalue weighted by Gasteiger charge is 2.22. The van der Waals surface area contributed by atoms with Gasteiger partial charge >= 0.3 is 5.97 Å². The van der Waals surface area contributed by atoms with Gasteiger partial charge in [0.25, 0.3) is 0 Å². The van der Waals surface area contributed by atoms with Crippen LogP contribution in [0.3, 0.4) is 0 Å². The van der Waals surface area contributed by atoms with Gasteiger partial charge in [-0.3, -0.25) is 4.79 Å². The number of ether oxygens (including phenoxy) is 1. The summed E-state index contributed by atoms with van der Waals surface area (Å²) >= 11 is 1.52. The number of nitrogens with one attached hydrogen (secondary N) is 1. The first-order chi connectivity index (χ1) is 15.6. The largest absolute Gasteiger partial charge is 0.481 e. The van der Waals surface area contributed by atoms with E-state index in [-0.39, 0.29) is 12.3 Å². The van der Waals surface area contributed by atoms with Crippen molar-refractivity contribution in [2.24, 2.45) is 0 Å². The average molecular weight is 453 g/mol. The Hall–Kier alpha value is -3.00. The van der Waals surface area contributed by atoms with E-state index in [2.05, 4.69) is 22.4 Å². The molecule has 0 unspecified atom stereocenters. The molecule has 1 aliphatic rings. The monoisotopic (exact) mass is 452 g/mol. The SMILES string of the molecule is COc1ccc([C@@H](CC(=O)O)c2nc(CCCCc3ccc4c(n3)NCCC4)cs2)cn1. The second-order valence-electron chi connectivity index (χ2n) is 8.01. The van der Waals surface area contributed by atoms with Gasteiger partial charge in [-0.2, -0.15) is 0 Å². The Balaban J connectivity index is 1.34. The number of thiazole rings is 1. The number of hydrogen-bond donors (Lipinski definition) is 2. The summed E-state index contributed by atoms with van der Waals surface area (Å²) in [5.41, 5.74) is 4.30. The smallest absolute Gasteiger partial charge is 0.304 e. The maximum absolute atomic E-state index is 11.4. The van der Waals surface area contributed by atoms with Crippen LogP contribution in [0, 0.1) is 0 Å². The fourth-order valence-electron chi connectivity index (χ4n) is 3.96. The number of methoxy groups -OCH3 is 1. The Bertz CT molecular complexity index is 1050. The Morgan fingerprint density at radius 2 is 2.03 bits per heavy atom. The van der Waals surface area contributed by atoms with Gasteiger partial charge in [-0.15, -0.1) is 11.3 Å². The van der Waals surface area contributed by atoms with Crippen LogP contribution in [-0.4, -0.2) is 39.7 Å². The van der Waals surface area contributed by atoms with E-state index in [4.69, 9.17) is 14.7 Å². The molecule has 8 heteroatoms. The minimum atomic E-state index is -0.852. The molecule has 0 saturated carbocycles. The molecule has 0 aliphatic carbocycles. The van der Waals surface area contributed by atoms with Crippen molar-refractivity contribution in [2.45, 2.75) is 50.9 Å². The van der Waals surface area contributed by atoms with Gasteiger partial charge in [-0.25, -0.2) is 15.0 Å². The van der Waals surface area contributed by atoms with Crippen LogP contribution >= 0.6 is 11.3 Å². The molecule has 0 amide bonds. The van der Waals surface area contributed by atoms with Crippen molar-refractivity contribution in [3.8, 4) is 5.88 Å². The highest BCUT2D eigenvalue weighted by atomic mass is 32.1. The van der Waals surface area contributed by atoms with Gasteiger partial charge in [0.15, 0.2) is 0 Å². The zero-order valence-electron chi connectivity index (χ0n) is 18.2. The van der Waals surface area contributed by atoms with E-state index in [1.165, 1.54) is 23.3 Å². The van der Waals surface area contributed by atoms with Crippen LogP contribution in [0.4, 0.5) is 5.82 Å².